The first kappa shape index (κ1) is 17.6. The highest BCUT2D eigenvalue weighted by atomic mass is 16.7. The molecule has 0 bridgehead atoms. The number of esters is 2. The van der Waals surface area contributed by atoms with Gasteiger partial charge in [0.2, 0.25) is 5.89 Å². The molecule has 1 aromatic heterocycles. The molecule has 142 valence electrons. The van der Waals surface area contributed by atoms with Crippen LogP contribution in [0.5, 0.6) is 0 Å². The average Bonchev–Trinajstić information content (AvgIpc) is 3.03. The molecule has 0 radical (unpaired) electrons. The highest BCUT2D eigenvalue weighted by molar-refractivity contribution is 6.15. The van der Waals surface area contributed by atoms with Crippen LogP contribution >= 0.6 is 0 Å². The first-order valence-electron chi connectivity index (χ1n) is 8.51. The second-order valence-electron chi connectivity index (χ2n) is 6.71. The Labute approximate surface area is 159 Å². The van der Waals surface area contributed by atoms with Crippen molar-refractivity contribution in [1.82, 2.24) is 4.98 Å². The minimum Gasteiger partial charge on any atom is -0.436 e. The van der Waals surface area contributed by atoms with Gasteiger partial charge in [0, 0.05) is 37.0 Å². The number of hydrogen-bond donors (Lipinski definition) is 2. The van der Waals surface area contributed by atoms with Gasteiger partial charge in [-0.3, -0.25) is 0 Å². The summed E-state index contributed by atoms with van der Waals surface area (Å²) >= 11 is 0. The molecule has 2 heterocycles. The van der Waals surface area contributed by atoms with E-state index in [1.165, 1.54) is 20.0 Å². The summed E-state index contributed by atoms with van der Waals surface area (Å²) in [5, 5.41) is 2.90. The third-order valence-electron chi connectivity index (χ3n) is 4.02. The van der Waals surface area contributed by atoms with E-state index in [-0.39, 0.29) is 5.57 Å². The maximum Gasteiger partial charge on any atom is 0.350 e. The molecule has 1 fully saturated rings. The van der Waals surface area contributed by atoms with Gasteiger partial charge in [-0.2, -0.15) is 0 Å². The number of cyclic esters (lactones) is 2. The largest absolute Gasteiger partial charge is 0.436 e. The van der Waals surface area contributed by atoms with E-state index in [0.717, 1.165) is 0 Å². The van der Waals surface area contributed by atoms with E-state index in [4.69, 9.17) is 19.6 Å². The molecule has 0 atom stereocenters. The van der Waals surface area contributed by atoms with Crippen LogP contribution in [0.3, 0.4) is 0 Å². The van der Waals surface area contributed by atoms with Crippen molar-refractivity contribution < 1.29 is 23.5 Å². The van der Waals surface area contributed by atoms with E-state index in [1.807, 2.05) is 6.07 Å². The molecule has 1 aliphatic heterocycles. The number of oxazole rings is 1. The molecule has 4 rings (SSSR count). The number of nitrogens with zero attached hydrogens (tertiary/aromatic N) is 1. The summed E-state index contributed by atoms with van der Waals surface area (Å²) in [6, 6.07) is 12.4. The number of carbonyl (C=O) groups excluding carboxylic acids is 2. The van der Waals surface area contributed by atoms with Crippen LogP contribution in [0.1, 0.15) is 13.8 Å². The molecule has 3 N–H and O–H groups in total. The molecule has 1 aliphatic rings. The number of hydrogen-bond acceptors (Lipinski definition) is 8. The van der Waals surface area contributed by atoms with Crippen LogP contribution in [0.25, 0.3) is 22.6 Å². The Bertz CT molecular complexity index is 1110. The summed E-state index contributed by atoms with van der Waals surface area (Å²) in [5.41, 5.74) is 8.77. The minimum atomic E-state index is -1.28. The van der Waals surface area contributed by atoms with E-state index < -0.39 is 17.7 Å². The topological polar surface area (TPSA) is 117 Å². The number of ether oxygens (including phenoxy) is 2. The van der Waals surface area contributed by atoms with Gasteiger partial charge < -0.3 is 24.9 Å². The quantitative estimate of drug-likeness (QED) is 0.308. The van der Waals surface area contributed by atoms with E-state index in [9.17, 15) is 9.59 Å². The molecule has 0 unspecified atom stereocenters. The predicted molar refractivity (Wildman–Crippen MR) is 102 cm³/mol. The Morgan fingerprint density at radius 1 is 1.07 bits per heavy atom. The number of aromatic nitrogens is 1. The molecule has 28 heavy (non-hydrogen) atoms. The molecular formula is C20H17N3O5. The maximum atomic E-state index is 12.0. The van der Waals surface area contributed by atoms with Gasteiger partial charge in [-0.25, -0.2) is 14.6 Å². The number of anilines is 2. The summed E-state index contributed by atoms with van der Waals surface area (Å²) in [5.74, 6) is -2.35. The molecular weight excluding hydrogens is 362 g/mol. The normalized spacial score (nSPS) is 15.9. The molecule has 8 heteroatoms. The SMILES string of the molecule is CC1(C)OC(=O)C(=CNc2cccc(-c3nc4cc(N)ccc4o3)c2)C(=O)O1. The van der Waals surface area contributed by atoms with Crippen LogP contribution in [0.2, 0.25) is 0 Å². The number of nitrogens with one attached hydrogen (secondary N) is 1. The first-order valence-corrected chi connectivity index (χ1v) is 8.51. The van der Waals surface area contributed by atoms with Crippen molar-refractivity contribution in [2.75, 3.05) is 11.1 Å². The molecule has 2 aromatic carbocycles. The molecule has 8 nitrogen and oxygen atoms in total. The standard InChI is InChI=1S/C20H17N3O5/c1-20(2)27-18(24)14(19(25)28-20)10-22-13-5-3-4-11(8-13)17-23-15-9-12(21)6-7-16(15)26-17/h3-10,22H,21H2,1-2H3. The van der Waals surface area contributed by atoms with Crippen LogP contribution in [0.15, 0.2) is 58.7 Å². The number of benzene rings is 2. The lowest BCUT2D eigenvalue weighted by Gasteiger charge is -2.29. The molecule has 1 saturated heterocycles. The van der Waals surface area contributed by atoms with Crippen LogP contribution in [0.4, 0.5) is 11.4 Å². The van der Waals surface area contributed by atoms with Gasteiger partial charge in [-0.05, 0) is 36.4 Å². The van der Waals surface area contributed by atoms with Crippen LogP contribution in [0, 0.1) is 0 Å². The highest BCUT2D eigenvalue weighted by Crippen LogP contribution is 2.28. The number of rotatable bonds is 3. The number of carbonyl (C=O) groups is 2. The van der Waals surface area contributed by atoms with Crippen molar-refractivity contribution in [3.8, 4) is 11.5 Å². The maximum absolute atomic E-state index is 12.0. The Balaban J connectivity index is 1.59. The molecule has 0 aliphatic carbocycles. The third kappa shape index (κ3) is 3.39. The molecule has 0 saturated carbocycles. The number of fused-ring (bicyclic) bond motifs is 1. The summed E-state index contributed by atoms with van der Waals surface area (Å²) < 4.78 is 15.9. The first-order chi connectivity index (χ1) is 13.3. The van der Waals surface area contributed by atoms with Crippen LogP contribution in [-0.2, 0) is 19.1 Å². The summed E-state index contributed by atoms with van der Waals surface area (Å²) in [6.45, 7) is 2.98. The van der Waals surface area contributed by atoms with Crippen LogP contribution < -0.4 is 11.1 Å². The second kappa shape index (κ2) is 6.41. The smallest absolute Gasteiger partial charge is 0.350 e. The van der Waals surface area contributed by atoms with E-state index in [1.54, 1.807) is 36.4 Å². The van der Waals surface area contributed by atoms with Crippen molar-refractivity contribution >= 4 is 34.4 Å². The van der Waals surface area contributed by atoms with Crippen molar-refractivity contribution in [1.29, 1.82) is 0 Å². The highest BCUT2D eigenvalue weighted by Gasteiger charge is 2.38. The van der Waals surface area contributed by atoms with Crippen molar-refractivity contribution in [2.45, 2.75) is 19.6 Å². The van der Waals surface area contributed by atoms with Gasteiger partial charge in [-0.15, -0.1) is 0 Å². The summed E-state index contributed by atoms with van der Waals surface area (Å²) in [4.78, 5) is 28.4. The Hall–Kier alpha value is -3.81. The van der Waals surface area contributed by atoms with Gasteiger partial charge in [0.1, 0.15) is 5.52 Å². The zero-order chi connectivity index (χ0) is 19.9. The van der Waals surface area contributed by atoms with Gasteiger partial charge >= 0.3 is 11.9 Å². The molecule has 3 aromatic rings. The number of nitrogens with two attached hydrogens (primary N) is 1. The van der Waals surface area contributed by atoms with Crippen LogP contribution in [-0.4, -0.2) is 22.7 Å². The molecule has 0 amide bonds. The van der Waals surface area contributed by atoms with E-state index in [0.29, 0.717) is 33.9 Å². The lowest BCUT2D eigenvalue weighted by atomic mass is 10.2. The van der Waals surface area contributed by atoms with Gasteiger partial charge in [0.15, 0.2) is 11.2 Å². The van der Waals surface area contributed by atoms with Gasteiger partial charge in [-0.1, -0.05) is 6.07 Å². The third-order valence-corrected chi connectivity index (χ3v) is 4.02. The summed E-state index contributed by atoms with van der Waals surface area (Å²) in [7, 11) is 0. The minimum absolute atomic E-state index is 0.220. The van der Waals surface area contributed by atoms with Gasteiger partial charge in [0.25, 0.3) is 5.79 Å². The fraction of sp³-hybridized carbons (Fsp3) is 0.150. The molecule has 0 spiro atoms. The zero-order valence-corrected chi connectivity index (χ0v) is 15.2. The zero-order valence-electron chi connectivity index (χ0n) is 15.2. The Morgan fingerprint density at radius 2 is 1.82 bits per heavy atom. The fourth-order valence-electron chi connectivity index (χ4n) is 2.74. The van der Waals surface area contributed by atoms with Crippen molar-refractivity contribution in [3.05, 3.63) is 54.2 Å². The fourth-order valence-corrected chi connectivity index (χ4v) is 2.74. The van der Waals surface area contributed by atoms with E-state index >= 15 is 0 Å². The van der Waals surface area contributed by atoms with Gasteiger partial charge in [0.05, 0.1) is 0 Å². The van der Waals surface area contributed by atoms with Crippen molar-refractivity contribution in [3.63, 3.8) is 0 Å². The average molecular weight is 379 g/mol. The predicted octanol–water partition coefficient (Wildman–Crippen LogP) is 3.21. The summed E-state index contributed by atoms with van der Waals surface area (Å²) in [6.07, 6.45) is 1.26. The monoisotopic (exact) mass is 379 g/mol. The van der Waals surface area contributed by atoms with Crippen molar-refractivity contribution in [2.24, 2.45) is 0 Å². The Morgan fingerprint density at radius 3 is 2.57 bits per heavy atom. The second-order valence-corrected chi connectivity index (χ2v) is 6.71. The van der Waals surface area contributed by atoms with E-state index in [2.05, 4.69) is 10.3 Å². The lowest BCUT2D eigenvalue weighted by molar-refractivity contribution is -0.222. The lowest BCUT2D eigenvalue weighted by Crippen LogP contribution is -2.42. The number of nitrogen functional groups attached to an aromatic ring is 1. The Kier molecular flexibility index (Phi) is 4.03.